The summed E-state index contributed by atoms with van der Waals surface area (Å²) in [6, 6.07) is -1.03. The predicted molar refractivity (Wildman–Crippen MR) is 76.6 cm³/mol. The minimum atomic E-state index is -0.979. The number of hydrogen-bond acceptors (Lipinski definition) is 4. The van der Waals surface area contributed by atoms with Crippen molar-refractivity contribution >= 4 is 23.8 Å². The second-order valence-corrected chi connectivity index (χ2v) is 5.85. The predicted octanol–water partition coefficient (Wildman–Crippen LogP) is 0.586. The van der Waals surface area contributed by atoms with Crippen molar-refractivity contribution < 1.29 is 14.7 Å². The van der Waals surface area contributed by atoms with Gasteiger partial charge in [0.1, 0.15) is 6.04 Å². The second-order valence-electron chi connectivity index (χ2n) is 4.87. The molecular weight excluding hydrogens is 266 g/mol. The Morgan fingerprint density at radius 2 is 2.05 bits per heavy atom. The van der Waals surface area contributed by atoms with Crippen LogP contribution in [0.25, 0.3) is 0 Å². The van der Waals surface area contributed by atoms with Crippen LogP contribution in [0.4, 0.5) is 4.79 Å². The highest BCUT2D eigenvalue weighted by Gasteiger charge is 2.22. The Kier molecular flexibility index (Phi) is 7.01. The molecule has 3 N–H and O–H groups in total. The topological polar surface area (TPSA) is 81.7 Å². The van der Waals surface area contributed by atoms with Gasteiger partial charge in [-0.1, -0.05) is 0 Å². The highest BCUT2D eigenvalue weighted by molar-refractivity contribution is 7.98. The van der Waals surface area contributed by atoms with Crippen LogP contribution in [0.1, 0.15) is 19.3 Å². The quantitative estimate of drug-likeness (QED) is 0.666. The normalized spacial score (nSPS) is 18.8. The Bertz CT molecular complexity index is 307. The van der Waals surface area contributed by atoms with E-state index in [0.29, 0.717) is 12.2 Å². The van der Waals surface area contributed by atoms with Crippen LogP contribution in [-0.2, 0) is 4.79 Å². The maximum absolute atomic E-state index is 11.8. The molecule has 0 saturated carbocycles. The van der Waals surface area contributed by atoms with E-state index in [1.807, 2.05) is 6.26 Å². The number of aliphatic carboxylic acids is 1. The monoisotopic (exact) mass is 289 g/mol. The van der Waals surface area contributed by atoms with E-state index in [1.165, 1.54) is 0 Å². The first-order valence-electron chi connectivity index (χ1n) is 6.50. The van der Waals surface area contributed by atoms with Crippen LogP contribution in [0.2, 0.25) is 0 Å². The second kappa shape index (κ2) is 8.27. The van der Waals surface area contributed by atoms with Gasteiger partial charge in [0, 0.05) is 6.04 Å². The molecule has 1 heterocycles. The lowest BCUT2D eigenvalue weighted by molar-refractivity contribution is -0.139. The van der Waals surface area contributed by atoms with Crippen LogP contribution in [0.5, 0.6) is 0 Å². The third kappa shape index (κ3) is 6.15. The number of urea groups is 1. The van der Waals surface area contributed by atoms with Gasteiger partial charge in [0.15, 0.2) is 0 Å². The van der Waals surface area contributed by atoms with Gasteiger partial charge in [0.25, 0.3) is 0 Å². The standard InChI is InChI=1S/C12H23N3O3S/c1-15-6-3-9(4-7-15)13-12(18)14-10(11(16)17)5-8-19-2/h9-10H,3-8H2,1-2H3,(H,16,17)(H2,13,14,18)/t10-/m1/s1. The van der Waals surface area contributed by atoms with Crippen LogP contribution < -0.4 is 10.6 Å². The summed E-state index contributed by atoms with van der Waals surface area (Å²) in [6.07, 6.45) is 4.17. The summed E-state index contributed by atoms with van der Waals surface area (Å²) in [5.41, 5.74) is 0. The van der Waals surface area contributed by atoms with Gasteiger partial charge in [0.2, 0.25) is 0 Å². The summed E-state index contributed by atoms with van der Waals surface area (Å²) in [6.45, 7) is 1.92. The minimum Gasteiger partial charge on any atom is -0.480 e. The van der Waals surface area contributed by atoms with Crippen LogP contribution in [0, 0.1) is 0 Å². The Morgan fingerprint density at radius 3 is 2.58 bits per heavy atom. The van der Waals surface area contributed by atoms with E-state index in [4.69, 9.17) is 5.11 Å². The summed E-state index contributed by atoms with van der Waals surface area (Å²) < 4.78 is 0. The molecule has 0 aromatic heterocycles. The zero-order valence-corrected chi connectivity index (χ0v) is 12.3. The summed E-state index contributed by atoms with van der Waals surface area (Å²) in [4.78, 5) is 25.0. The van der Waals surface area contributed by atoms with Crippen molar-refractivity contribution in [2.45, 2.75) is 31.3 Å². The number of carbonyl (C=O) groups is 2. The van der Waals surface area contributed by atoms with Gasteiger partial charge in [-0.2, -0.15) is 11.8 Å². The number of likely N-dealkylation sites (tertiary alicyclic amines) is 1. The van der Waals surface area contributed by atoms with Crippen molar-refractivity contribution in [3.05, 3.63) is 0 Å². The molecule has 0 aromatic rings. The molecule has 0 radical (unpaired) electrons. The SMILES string of the molecule is CSCC[C@@H](NC(=O)NC1CCN(C)CC1)C(=O)O. The molecule has 1 rings (SSSR count). The highest BCUT2D eigenvalue weighted by atomic mass is 32.2. The summed E-state index contributed by atoms with van der Waals surface area (Å²) in [5, 5.41) is 14.4. The molecule has 0 spiro atoms. The first-order valence-corrected chi connectivity index (χ1v) is 7.89. The zero-order chi connectivity index (χ0) is 14.3. The Balaban J connectivity index is 2.33. The summed E-state index contributed by atoms with van der Waals surface area (Å²) in [7, 11) is 2.05. The van der Waals surface area contributed by atoms with Crippen molar-refractivity contribution in [3.8, 4) is 0 Å². The van der Waals surface area contributed by atoms with Crippen molar-refractivity contribution in [1.82, 2.24) is 15.5 Å². The van der Waals surface area contributed by atoms with Gasteiger partial charge in [0.05, 0.1) is 0 Å². The van der Waals surface area contributed by atoms with Crippen LogP contribution in [0.3, 0.4) is 0 Å². The third-order valence-corrected chi connectivity index (χ3v) is 3.91. The first-order chi connectivity index (χ1) is 9.02. The molecule has 1 saturated heterocycles. The van der Waals surface area contributed by atoms with E-state index < -0.39 is 12.0 Å². The maximum atomic E-state index is 11.8. The van der Waals surface area contributed by atoms with Gasteiger partial charge < -0.3 is 20.6 Å². The number of hydrogen-bond donors (Lipinski definition) is 3. The largest absolute Gasteiger partial charge is 0.480 e. The van der Waals surface area contributed by atoms with E-state index in [1.54, 1.807) is 11.8 Å². The van der Waals surface area contributed by atoms with Gasteiger partial charge in [-0.25, -0.2) is 9.59 Å². The number of rotatable bonds is 6. The number of amides is 2. The number of carboxylic acids is 1. The van der Waals surface area contributed by atoms with Crippen molar-refractivity contribution in [3.63, 3.8) is 0 Å². The first kappa shape index (κ1) is 16.1. The lowest BCUT2D eigenvalue weighted by Crippen LogP contribution is -2.51. The molecule has 0 bridgehead atoms. The smallest absolute Gasteiger partial charge is 0.326 e. The number of nitrogens with zero attached hydrogens (tertiary/aromatic N) is 1. The van der Waals surface area contributed by atoms with E-state index in [2.05, 4.69) is 22.6 Å². The van der Waals surface area contributed by atoms with Gasteiger partial charge in [-0.15, -0.1) is 0 Å². The van der Waals surface area contributed by atoms with Gasteiger partial charge in [-0.05, 0) is 51.4 Å². The molecule has 110 valence electrons. The fraction of sp³-hybridized carbons (Fsp3) is 0.833. The lowest BCUT2D eigenvalue weighted by atomic mass is 10.1. The molecule has 2 amide bonds. The van der Waals surface area contributed by atoms with Crippen molar-refractivity contribution in [2.75, 3.05) is 32.1 Å². The molecule has 1 atom stereocenters. The molecule has 7 heteroatoms. The number of piperidine rings is 1. The molecule has 0 aromatic carbocycles. The van der Waals surface area contributed by atoms with Crippen LogP contribution >= 0.6 is 11.8 Å². The molecule has 6 nitrogen and oxygen atoms in total. The van der Waals surface area contributed by atoms with Crippen molar-refractivity contribution in [1.29, 1.82) is 0 Å². The zero-order valence-electron chi connectivity index (χ0n) is 11.5. The van der Waals surface area contributed by atoms with E-state index in [9.17, 15) is 9.59 Å². The maximum Gasteiger partial charge on any atom is 0.326 e. The van der Waals surface area contributed by atoms with Crippen molar-refractivity contribution in [2.24, 2.45) is 0 Å². The average molecular weight is 289 g/mol. The average Bonchev–Trinajstić information content (AvgIpc) is 2.37. The van der Waals surface area contributed by atoms with Crippen LogP contribution in [0.15, 0.2) is 0 Å². The molecule has 1 fully saturated rings. The molecule has 0 aliphatic carbocycles. The fourth-order valence-electron chi connectivity index (χ4n) is 2.03. The van der Waals surface area contributed by atoms with E-state index in [-0.39, 0.29) is 12.1 Å². The van der Waals surface area contributed by atoms with E-state index >= 15 is 0 Å². The van der Waals surface area contributed by atoms with E-state index in [0.717, 1.165) is 25.9 Å². The van der Waals surface area contributed by atoms with Crippen LogP contribution in [-0.4, -0.2) is 66.2 Å². The molecule has 1 aliphatic rings. The molecule has 0 unspecified atom stereocenters. The number of nitrogens with one attached hydrogen (secondary N) is 2. The molecule has 19 heavy (non-hydrogen) atoms. The highest BCUT2D eigenvalue weighted by Crippen LogP contribution is 2.08. The Hall–Kier alpha value is -0.950. The number of thioether (sulfide) groups is 1. The summed E-state index contributed by atoms with van der Waals surface area (Å²) >= 11 is 1.57. The fourth-order valence-corrected chi connectivity index (χ4v) is 2.50. The minimum absolute atomic E-state index is 0.145. The lowest BCUT2D eigenvalue weighted by Gasteiger charge is -2.29. The number of carbonyl (C=O) groups excluding carboxylic acids is 1. The Labute approximate surface area is 118 Å². The van der Waals surface area contributed by atoms with Gasteiger partial charge >= 0.3 is 12.0 Å². The Morgan fingerprint density at radius 1 is 1.42 bits per heavy atom. The van der Waals surface area contributed by atoms with Gasteiger partial charge in [-0.3, -0.25) is 0 Å². The number of carboxylic acid groups (broad SMARTS) is 1. The third-order valence-electron chi connectivity index (χ3n) is 3.27. The molecule has 1 aliphatic heterocycles. The summed E-state index contributed by atoms with van der Waals surface area (Å²) in [5.74, 6) is -0.265. The molecular formula is C12H23N3O3S.